The average molecular weight is 275 g/mol. The smallest absolute Gasteiger partial charge is 0.416 e. The zero-order chi connectivity index (χ0) is 14.2. The number of ether oxygens (including phenoxy) is 2. The second kappa shape index (κ2) is 4.92. The summed E-state index contributed by atoms with van der Waals surface area (Å²) in [5.74, 6) is 0.542. The number of fused-ring (bicyclic) bond motifs is 1. The minimum Gasteiger partial charge on any atom is -0.493 e. The quantitative estimate of drug-likeness (QED) is 0.826. The van der Waals surface area contributed by atoms with Gasteiger partial charge in [-0.15, -0.1) is 0 Å². The summed E-state index contributed by atoms with van der Waals surface area (Å²) in [7, 11) is 1.34. The molecule has 0 saturated heterocycles. The van der Waals surface area contributed by atoms with Crippen LogP contribution in [0.1, 0.15) is 25.0 Å². The summed E-state index contributed by atoms with van der Waals surface area (Å²) in [6, 6.07) is 2.31. The van der Waals surface area contributed by atoms with Crippen molar-refractivity contribution in [3.8, 4) is 11.5 Å². The van der Waals surface area contributed by atoms with E-state index in [1.807, 2.05) is 18.7 Å². The topological polar surface area (TPSA) is 21.7 Å². The Balaban J connectivity index is 2.44. The largest absolute Gasteiger partial charge is 0.493 e. The fourth-order valence-electron chi connectivity index (χ4n) is 2.00. The van der Waals surface area contributed by atoms with E-state index < -0.39 is 11.7 Å². The molecule has 2 rings (SSSR count). The number of rotatable bonds is 2. The van der Waals surface area contributed by atoms with Crippen molar-refractivity contribution < 1.29 is 22.6 Å². The number of benzene rings is 1. The molecule has 0 unspecified atom stereocenters. The Morgan fingerprint density at radius 2 is 2.00 bits per heavy atom. The van der Waals surface area contributed by atoms with Crippen molar-refractivity contribution in [3.63, 3.8) is 0 Å². The first-order valence-corrected chi connectivity index (χ1v) is 5.98. The second-order valence-electron chi connectivity index (χ2n) is 4.78. The van der Waals surface area contributed by atoms with Gasteiger partial charge in [0.2, 0.25) is 0 Å². The Morgan fingerprint density at radius 1 is 1.32 bits per heavy atom. The maximum atomic E-state index is 12.8. The fourth-order valence-corrected chi connectivity index (χ4v) is 2.00. The van der Waals surface area contributed by atoms with E-state index in [0.717, 1.165) is 12.1 Å². The van der Waals surface area contributed by atoms with Crippen LogP contribution in [0.2, 0.25) is 0 Å². The molecule has 6 heteroatoms. The highest BCUT2D eigenvalue weighted by molar-refractivity contribution is 5.51. The summed E-state index contributed by atoms with van der Waals surface area (Å²) in [6.45, 7) is 4.72. The maximum absolute atomic E-state index is 12.8. The molecule has 0 fully saturated rings. The Morgan fingerprint density at radius 3 is 2.53 bits per heavy atom. The Kier molecular flexibility index (Phi) is 3.62. The molecule has 0 amide bonds. The number of nitrogens with zero attached hydrogens (tertiary/aromatic N) is 1. The fraction of sp³-hybridized carbons (Fsp3) is 0.538. The van der Waals surface area contributed by atoms with Gasteiger partial charge in [-0.3, -0.25) is 4.90 Å². The van der Waals surface area contributed by atoms with E-state index in [1.54, 1.807) is 0 Å². The predicted molar refractivity (Wildman–Crippen MR) is 64.2 cm³/mol. The van der Waals surface area contributed by atoms with Gasteiger partial charge in [-0.2, -0.15) is 13.2 Å². The molecule has 0 spiro atoms. The Labute approximate surface area is 109 Å². The van der Waals surface area contributed by atoms with Crippen LogP contribution in [0.25, 0.3) is 0 Å². The number of methoxy groups -OCH3 is 1. The Bertz CT molecular complexity index is 472. The minimum atomic E-state index is -4.39. The summed E-state index contributed by atoms with van der Waals surface area (Å²) in [4.78, 5) is 1.95. The van der Waals surface area contributed by atoms with Gasteiger partial charge < -0.3 is 9.47 Å². The van der Waals surface area contributed by atoms with Crippen molar-refractivity contribution in [2.75, 3.05) is 13.8 Å². The van der Waals surface area contributed by atoms with Gasteiger partial charge >= 0.3 is 6.18 Å². The molecule has 1 aromatic rings. The molecule has 106 valence electrons. The van der Waals surface area contributed by atoms with Crippen molar-refractivity contribution in [1.82, 2.24) is 4.90 Å². The third kappa shape index (κ3) is 2.78. The van der Waals surface area contributed by atoms with E-state index in [0.29, 0.717) is 24.6 Å². The van der Waals surface area contributed by atoms with Crippen molar-refractivity contribution in [3.05, 3.63) is 23.3 Å². The minimum absolute atomic E-state index is 0.133. The number of hydrogen-bond donors (Lipinski definition) is 0. The molecule has 0 N–H and O–H groups in total. The molecule has 19 heavy (non-hydrogen) atoms. The lowest BCUT2D eigenvalue weighted by molar-refractivity contribution is -0.137. The molecule has 1 aromatic carbocycles. The highest BCUT2D eigenvalue weighted by Crippen LogP contribution is 2.41. The van der Waals surface area contributed by atoms with Crippen LogP contribution in [-0.4, -0.2) is 24.8 Å². The van der Waals surface area contributed by atoms with Gasteiger partial charge in [-0.25, -0.2) is 0 Å². The van der Waals surface area contributed by atoms with Gasteiger partial charge in [-0.05, 0) is 26.0 Å². The summed E-state index contributed by atoms with van der Waals surface area (Å²) in [6.07, 6.45) is -4.39. The van der Waals surface area contributed by atoms with Gasteiger partial charge in [-0.1, -0.05) is 0 Å². The molecule has 1 aliphatic rings. The van der Waals surface area contributed by atoms with E-state index in [-0.39, 0.29) is 11.8 Å². The van der Waals surface area contributed by atoms with Crippen LogP contribution in [0.5, 0.6) is 11.5 Å². The van der Waals surface area contributed by atoms with Crippen LogP contribution in [0.3, 0.4) is 0 Å². The molecular formula is C13H16F3NO2. The van der Waals surface area contributed by atoms with Crippen molar-refractivity contribution in [1.29, 1.82) is 0 Å². The van der Waals surface area contributed by atoms with Gasteiger partial charge in [0.05, 0.1) is 12.7 Å². The summed E-state index contributed by atoms with van der Waals surface area (Å²) >= 11 is 0. The predicted octanol–water partition coefficient (Wildman–Crippen LogP) is 3.27. The number of hydrogen-bond acceptors (Lipinski definition) is 3. The molecule has 0 aromatic heterocycles. The first-order valence-electron chi connectivity index (χ1n) is 5.98. The normalized spacial score (nSPS) is 16.2. The first kappa shape index (κ1) is 14.0. The van der Waals surface area contributed by atoms with E-state index in [1.165, 1.54) is 7.11 Å². The van der Waals surface area contributed by atoms with Crippen LogP contribution in [0.4, 0.5) is 13.2 Å². The van der Waals surface area contributed by atoms with Crippen LogP contribution >= 0.6 is 0 Å². The standard InChI is InChI=1S/C13H16F3NO2/c1-8(2)17-6-9-4-10(13(14,15)16)5-11(18-3)12(9)19-7-17/h4-5,8H,6-7H2,1-3H3. The summed E-state index contributed by atoms with van der Waals surface area (Å²) < 4.78 is 49.0. The monoisotopic (exact) mass is 275 g/mol. The summed E-state index contributed by atoms with van der Waals surface area (Å²) in [5.41, 5.74) is -0.205. The maximum Gasteiger partial charge on any atom is 0.416 e. The molecular weight excluding hydrogens is 259 g/mol. The highest BCUT2D eigenvalue weighted by atomic mass is 19.4. The van der Waals surface area contributed by atoms with E-state index in [2.05, 4.69) is 0 Å². The lowest BCUT2D eigenvalue weighted by atomic mass is 10.1. The summed E-state index contributed by atoms with van der Waals surface area (Å²) in [5, 5.41) is 0. The van der Waals surface area contributed by atoms with E-state index >= 15 is 0 Å². The average Bonchev–Trinajstić information content (AvgIpc) is 2.35. The zero-order valence-corrected chi connectivity index (χ0v) is 11.0. The lowest BCUT2D eigenvalue weighted by Crippen LogP contribution is -2.37. The molecule has 1 heterocycles. The highest BCUT2D eigenvalue weighted by Gasteiger charge is 2.34. The zero-order valence-electron chi connectivity index (χ0n) is 11.0. The van der Waals surface area contributed by atoms with Gasteiger partial charge in [0.15, 0.2) is 11.5 Å². The molecule has 3 nitrogen and oxygen atoms in total. The van der Waals surface area contributed by atoms with Crippen LogP contribution < -0.4 is 9.47 Å². The lowest BCUT2D eigenvalue weighted by Gasteiger charge is -2.32. The molecule has 0 aliphatic carbocycles. The second-order valence-corrected chi connectivity index (χ2v) is 4.78. The molecule has 0 atom stereocenters. The van der Waals surface area contributed by atoms with Crippen molar-refractivity contribution in [2.24, 2.45) is 0 Å². The first-order chi connectivity index (χ1) is 8.82. The molecule has 1 aliphatic heterocycles. The van der Waals surface area contributed by atoms with Crippen molar-refractivity contribution >= 4 is 0 Å². The van der Waals surface area contributed by atoms with Crippen LogP contribution in [0.15, 0.2) is 12.1 Å². The third-order valence-electron chi connectivity index (χ3n) is 3.16. The van der Waals surface area contributed by atoms with Crippen LogP contribution in [-0.2, 0) is 12.7 Å². The van der Waals surface area contributed by atoms with Gasteiger partial charge in [0.1, 0.15) is 6.73 Å². The van der Waals surface area contributed by atoms with Crippen molar-refractivity contribution in [2.45, 2.75) is 32.6 Å². The van der Waals surface area contributed by atoms with Crippen LogP contribution in [0, 0.1) is 0 Å². The third-order valence-corrected chi connectivity index (χ3v) is 3.16. The molecule has 0 radical (unpaired) electrons. The van der Waals surface area contributed by atoms with E-state index in [9.17, 15) is 13.2 Å². The van der Waals surface area contributed by atoms with Gasteiger partial charge in [0.25, 0.3) is 0 Å². The molecule has 0 bridgehead atoms. The van der Waals surface area contributed by atoms with Gasteiger partial charge in [0, 0.05) is 18.2 Å². The molecule has 0 saturated carbocycles. The van der Waals surface area contributed by atoms with E-state index in [4.69, 9.17) is 9.47 Å². The SMILES string of the molecule is COc1cc(C(F)(F)F)cc2c1OCN(C(C)C)C2. The number of alkyl halides is 3. The Hall–Kier alpha value is -1.43. The number of halogens is 3.